The lowest BCUT2D eigenvalue weighted by molar-refractivity contribution is 0.267. The quantitative estimate of drug-likeness (QED) is 0.665. The van der Waals surface area contributed by atoms with Crippen LogP contribution in [0.25, 0.3) is 0 Å². The Balaban J connectivity index is 0.00000264. The van der Waals surface area contributed by atoms with Crippen molar-refractivity contribution in [1.29, 1.82) is 0 Å². The fourth-order valence-electron chi connectivity index (χ4n) is 2.10. The average Bonchev–Trinajstić information content (AvgIpc) is 2.49. The fraction of sp³-hybridized carbons (Fsp3) is 0.294. The number of rotatable bonds is 7. The summed E-state index contributed by atoms with van der Waals surface area (Å²) in [5.74, 6) is 1.43. The van der Waals surface area contributed by atoms with Crippen LogP contribution < -0.4 is 14.8 Å². The molecule has 0 radical (unpaired) electrons. The molecule has 2 rings (SSSR count). The molecule has 0 aliphatic rings. The van der Waals surface area contributed by atoms with E-state index in [-0.39, 0.29) is 12.4 Å². The van der Waals surface area contributed by atoms with Gasteiger partial charge in [0.2, 0.25) is 0 Å². The van der Waals surface area contributed by atoms with Gasteiger partial charge in [-0.05, 0) is 53.7 Å². The van der Waals surface area contributed by atoms with Crippen LogP contribution >= 0.6 is 39.9 Å². The zero-order chi connectivity index (χ0) is 15.9. The number of hydrogen-bond donors (Lipinski definition) is 1. The molecule has 0 spiro atoms. The third-order valence-electron chi connectivity index (χ3n) is 3.08. The van der Waals surface area contributed by atoms with E-state index in [0.29, 0.717) is 24.0 Å². The summed E-state index contributed by atoms with van der Waals surface area (Å²) in [5.41, 5.74) is 2.07. The van der Waals surface area contributed by atoms with Crippen LogP contribution in [0.1, 0.15) is 18.1 Å². The number of ether oxygens (including phenoxy) is 2. The molecule has 0 fully saturated rings. The van der Waals surface area contributed by atoms with Gasteiger partial charge in [-0.2, -0.15) is 0 Å². The molecule has 1 N–H and O–H groups in total. The first-order chi connectivity index (χ1) is 10.7. The minimum Gasteiger partial charge on any atom is -0.490 e. The molecule has 0 aliphatic carbocycles. The normalized spacial score (nSPS) is 10.1. The second kappa shape index (κ2) is 10.0. The minimum absolute atomic E-state index is 0. The summed E-state index contributed by atoms with van der Waals surface area (Å²) in [7, 11) is 1.91. The predicted octanol–water partition coefficient (Wildman–Crippen LogP) is 5.22. The molecule has 0 heterocycles. The molecular formula is C17H20BrCl2NO2. The van der Waals surface area contributed by atoms with Gasteiger partial charge < -0.3 is 14.8 Å². The van der Waals surface area contributed by atoms with Crippen molar-refractivity contribution in [3.8, 4) is 11.5 Å². The Morgan fingerprint density at radius 3 is 2.57 bits per heavy atom. The molecular weight excluding hydrogens is 401 g/mol. The number of hydrogen-bond acceptors (Lipinski definition) is 3. The summed E-state index contributed by atoms with van der Waals surface area (Å²) in [4.78, 5) is 0. The van der Waals surface area contributed by atoms with Crippen LogP contribution in [-0.2, 0) is 13.2 Å². The van der Waals surface area contributed by atoms with Crippen LogP contribution in [0.15, 0.2) is 40.9 Å². The first kappa shape index (κ1) is 20.1. The lowest BCUT2D eigenvalue weighted by Crippen LogP contribution is -2.07. The van der Waals surface area contributed by atoms with Gasteiger partial charge in [-0.25, -0.2) is 0 Å². The zero-order valence-corrected chi connectivity index (χ0v) is 16.2. The maximum atomic E-state index is 6.17. The van der Waals surface area contributed by atoms with Gasteiger partial charge in [-0.15, -0.1) is 12.4 Å². The Morgan fingerprint density at radius 1 is 1.17 bits per heavy atom. The Bertz CT molecular complexity index is 638. The summed E-state index contributed by atoms with van der Waals surface area (Å²) >= 11 is 9.73. The fourth-order valence-corrected chi connectivity index (χ4v) is 2.89. The maximum absolute atomic E-state index is 6.17. The van der Waals surface area contributed by atoms with Crippen molar-refractivity contribution in [2.24, 2.45) is 0 Å². The largest absolute Gasteiger partial charge is 0.490 e. The van der Waals surface area contributed by atoms with Gasteiger partial charge in [0.25, 0.3) is 0 Å². The van der Waals surface area contributed by atoms with Crippen molar-refractivity contribution < 1.29 is 9.47 Å². The van der Waals surface area contributed by atoms with Crippen LogP contribution in [-0.4, -0.2) is 13.7 Å². The maximum Gasteiger partial charge on any atom is 0.175 e. The van der Waals surface area contributed by atoms with E-state index in [0.717, 1.165) is 27.9 Å². The standard InChI is InChI=1S/C17H19BrClNO2.ClH/c1-3-21-16-9-12(10-20-2)8-14(18)17(16)22-11-13-6-4-5-7-15(13)19;/h4-9,20H,3,10-11H2,1-2H3;1H. The van der Waals surface area contributed by atoms with Gasteiger partial charge in [0.05, 0.1) is 11.1 Å². The first-order valence-electron chi connectivity index (χ1n) is 7.11. The molecule has 0 unspecified atom stereocenters. The molecule has 23 heavy (non-hydrogen) atoms. The molecule has 0 saturated heterocycles. The van der Waals surface area contributed by atoms with E-state index in [4.69, 9.17) is 21.1 Å². The molecule has 0 saturated carbocycles. The SMILES string of the molecule is CCOc1cc(CNC)cc(Br)c1OCc1ccccc1Cl.Cl. The Morgan fingerprint density at radius 2 is 1.91 bits per heavy atom. The molecule has 0 atom stereocenters. The Kier molecular flexibility index (Phi) is 8.77. The molecule has 126 valence electrons. The highest BCUT2D eigenvalue weighted by Gasteiger charge is 2.13. The molecule has 2 aromatic rings. The zero-order valence-electron chi connectivity index (χ0n) is 13.1. The number of nitrogens with one attached hydrogen (secondary N) is 1. The van der Waals surface area contributed by atoms with E-state index < -0.39 is 0 Å². The van der Waals surface area contributed by atoms with E-state index >= 15 is 0 Å². The van der Waals surface area contributed by atoms with Crippen molar-refractivity contribution in [2.45, 2.75) is 20.1 Å². The lowest BCUT2D eigenvalue weighted by Gasteiger charge is -2.16. The monoisotopic (exact) mass is 419 g/mol. The van der Waals surface area contributed by atoms with Crippen LogP contribution in [0.5, 0.6) is 11.5 Å². The molecule has 3 nitrogen and oxygen atoms in total. The predicted molar refractivity (Wildman–Crippen MR) is 101 cm³/mol. The summed E-state index contributed by atoms with van der Waals surface area (Å²) in [6, 6.07) is 11.7. The van der Waals surface area contributed by atoms with Crippen LogP contribution in [0.3, 0.4) is 0 Å². The smallest absolute Gasteiger partial charge is 0.175 e. The summed E-state index contributed by atoms with van der Waals surface area (Å²) in [5, 5.41) is 3.83. The minimum atomic E-state index is 0. The Hall–Kier alpha value is -0.940. The highest BCUT2D eigenvalue weighted by molar-refractivity contribution is 9.10. The van der Waals surface area contributed by atoms with Crippen molar-refractivity contribution in [3.05, 3.63) is 57.0 Å². The summed E-state index contributed by atoms with van der Waals surface area (Å²) in [6.07, 6.45) is 0. The van der Waals surface area contributed by atoms with E-state index in [2.05, 4.69) is 21.2 Å². The van der Waals surface area contributed by atoms with E-state index in [1.165, 1.54) is 0 Å². The molecule has 2 aromatic carbocycles. The van der Waals surface area contributed by atoms with Gasteiger partial charge in [0.15, 0.2) is 11.5 Å². The van der Waals surface area contributed by atoms with E-state index in [1.807, 2.05) is 50.4 Å². The molecule has 0 aromatic heterocycles. The van der Waals surface area contributed by atoms with Crippen LogP contribution in [0, 0.1) is 0 Å². The number of halogens is 3. The topological polar surface area (TPSA) is 30.5 Å². The van der Waals surface area contributed by atoms with Gasteiger partial charge in [-0.3, -0.25) is 0 Å². The lowest BCUT2D eigenvalue weighted by atomic mass is 10.2. The average molecular weight is 421 g/mol. The van der Waals surface area contributed by atoms with Gasteiger partial charge in [0, 0.05) is 17.1 Å². The highest BCUT2D eigenvalue weighted by atomic mass is 79.9. The Labute approximate surface area is 156 Å². The van der Waals surface area contributed by atoms with Crippen molar-refractivity contribution in [2.75, 3.05) is 13.7 Å². The summed E-state index contributed by atoms with van der Waals surface area (Å²) < 4.78 is 12.5. The molecule has 0 bridgehead atoms. The highest BCUT2D eigenvalue weighted by Crippen LogP contribution is 2.37. The molecule has 6 heteroatoms. The second-order valence-corrected chi connectivity index (χ2v) is 6.01. The van der Waals surface area contributed by atoms with Crippen LogP contribution in [0.2, 0.25) is 5.02 Å². The van der Waals surface area contributed by atoms with E-state index in [9.17, 15) is 0 Å². The van der Waals surface area contributed by atoms with Gasteiger partial charge in [0.1, 0.15) is 6.61 Å². The van der Waals surface area contributed by atoms with Crippen molar-refractivity contribution in [1.82, 2.24) is 5.32 Å². The first-order valence-corrected chi connectivity index (χ1v) is 8.28. The van der Waals surface area contributed by atoms with Crippen molar-refractivity contribution >= 4 is 39.9 Å². The third kappa shape index (κ3) is 5.57. The molecule has 0 amide bonds. The third-order valence-corrected chi connectivity index (χ3v) is 4.04. The van der Waals surface area contributed by atoms with Gasteiger partial charge in [-0.1, -0.05) is 29.8 Å². The van der Waals surface area contributed by atoms with Crippen molar-refractivity contribution in [3.63, 3.8) is 0 Å². The molecule has 0 aliphatic heterocycles. The van der Waals surface area contributed by atoms with Crippen LogP contribution in [0.4, 0.5) is 0 Å². The van der Waals surface area contributed by atoms with Gasteiger partial charge >= 0.3 is 0 Å². The summed E-state index contributed by atoms with van der Waals surface area (Å²) in [6.45, 7) is 3.70. The second-order valence-electron chi connectivity index (χ2n) is 4.75. The van der Waals surface area contributed by atoms with E-state index in [1.54, 1.807) is 0 Å². The number of benzene rings is 2.